The van der Waals surface area contributed by atoms with Crippen LogP contribution in [0.4, 0.5) is 5.95 Å². The second-order valence-corrected chi connectivity index (χ2v) is 11.1. The van der Waals surface area contributed by atoms with Crippen LogP contribution >= 0.6 is 11.6 Å². The van der Waals surface area contributed by atoms with E-state index < -0.39 is 0 Å². The molecule has 4 heterocycles. The molecule has 8 heteroatoms. The highest BCUT2D eigenvalue weighted by molar-refractivity contribution is 6.33. The monoisotopic (exact) mass is 504 g/mol. The normalized spacial score (nSPS) is 24.0. The number of nitrogens with zero attached hydrogens (tertiary/aromatic N) is 4. The van der Waals surface area contributed by atoms with Crippen molar-refractivity contribution in [3.8, 4) is 11.3 Å². The number of aromatic nitrogens is 3. The van der Waals surface area contributed by atoms with E-state index in [1.807, 2.05) is 23.2 Å². The standard InChI is InChI=1S/C28H33ClN6O/c1-2-25(36)34-12-10-28(11-13-34)17-35(18-28)20-7-5-6-19(14-20)32-27-31-16-23(29)26(33-27)22-15-30-24-9-4-3-8-21(22)24/h2-4,8-9,15-16,19-20,30H,1,5-7,10-14,17-18H2,(H,31,32,33)/t19-,20-/m1/s1. The van der Waals surface area contributed by atoms with Crippen LogP contribution in [0.2, 0.25) is 5.02 Å². The third-order valence-electron chi connectivity index (χ3n) is 8.47. The Balaban J connectivity index is 1.09. The second-order valence-electron chi connectivity index (χ2n) is 10.7. The van der Waals surface area contributed by atoms with Crippen molar-refractivity contribution in [3.63, 3.8) is 0 Å². The summed E-state index contributed by atoms with van der Waals surface area (Å²) >= 11 is 6.53. The first-order chi connectivity index (χ1) is 17.5. The molecule has 3 aromatic rings. The topological polar surface area (TPSA) is 77.2 Å². The van der Waals surface area contributed by atoms with Crippen LogP contribution in [0.3, 0.4) is 0 Å². The number of hydrogen-bond acceptors (Lipinski definition) is 5. The first-order valence-corrected chi connectivity index (χ1v) is 13.4. The van der Waals surface area contributed by atoms with Gasteiger partial charge in [-0.25, -0.2) is 9.97 Å². The Hall–Kier alpha value is -2.90. The number of hydrogen-bond donors (Lipinski definition) is 2. The Morgan fingerprint density at radius 3 is 2.83 bits per heavy atom. The quantitative estimate of drug-likeness (QED) is 0.472. The molecule has 1 spiro atoms. The molecule has 36 heavy (non-hydrogen) atoms. The van der Waals surface area contributed by atoms with Crippen molar-refractivity contribution in [2.24, 2.45) is 5.41 Å². The Morgan fingerprint density at radius 2 is 2.03 bits per heavy atom. The van der Waals surface area contributed by atoms with Crippen LogP contribution in [0, 0.1) is 5.41 Å². The average Bonchev–Trinajstić information content (AvgIpc) is 3.32. The van der Waals surface area contributed by atoms with Gasteiger partial charge in [0.2, 0.25) is 11.9 Å². The molecule has 2 atom stereocenters. The second kappa shape index (κ2) is 9.52. The van der Waals surface area contributed by atoms with E-state index in [0.29, 0.717) is 28.5 Å². The summed E-state index contributed by atoms with van der Waals surface area (Å²) in [6.07, 6.45) is 12.0. The number of piperidine rings is 1. The first kappa shape index (κ1) is 23.5. The summed E-state index contributed by atoms with van der Waals surface area (Å²) in [6, 6.07) is 9.13. The number of H-pyrrole nitrogens is 1. The van der Waals surface area contributed by atoms with E-state index in [-0.39, 0.29) is 5.91 Å². The third kappa shape index (κ3) is 4.39. The summed E-state index contributed by atoms with van der Waals surface area (Å²) in [5.41, 5.74) is 3.21. The minimum Gasteiger partial charge on any atom is -0.360 e. The van der Waals surface area contributed by atoms with Gasteiger partial charge in [0.15, 0.2) is 0 Å². The van der Waals surface area contributed by atoms with E-state index in [4.69, 9.17) is 16.6 Å². The van der Waals surface area contributed by atoms with Crippen LogP contribution in [-0.2, 0) is 4.79 Å². The van der Waals surface area contributed by atoms with Crippen molar-refractivity contribution in [3.05, 3.63) is 54.3 Å². The van der Waals surface area contributed by atoms with Crippen LogP contribution in [0.5, 0.6) is 0 Å². The van der Waals surface area contributed by atoms with Crippen LogP contribution in [0.15, 0.2) is 49.3 Å². The van der Waals surface area contributed by atoms with Crippen LogP contribution in [0.1, 0.15) is 38.5 Å². The molecule has 0 radical (unpaired) electrons. The van der Waals surface area contributed by atoms with Gasteiger partial charge in [0, 0.05) is 60.9 Å². The van der Waals surface area contributed by atoms with Crippen LogP contribution in [-0.4, -0.2) is 68.9 Å². The van der Waals surface area contributed by atoms with Gasteiger partial charge in [0.05, 0.1) is 16.9 Å². The fourth-order valence-corrected chi connectivity index (χ4v) is 6.62. The fraction of sp³-hybridized carbons (Fsp3) is 0.464. The zero-order valence-electron chi connectivity index (χ0n) is 20.5. The van der Waals surface area contributed by atoms with E-state index in [9.17, 15) is 4.79 Å². The van der Waals surface area contributed by atoms with Gasteiger partial charge in [-0.05, 0) is 56.1 Å². The highest BCUT2D eigenvalue weighted by Crippen LogP contribution is 2.43. The lowest BCUT2D eigenvalue weighted by Crippen LogP contribution is -2.64. The van der Waals surface area contributed by atoms with Gasteiger partial charge in [-0.1, -0.05) is 36.4 Å². The first-order valence-electron chi connectivity index (χ1n) is 13.0. The number of halogens is 1. The number of fused-ring (bicyclic) bond motifs is 1. The number of para-hydroxylation sites is 1. The van der Waals surface area contributed by atoms with Gasteiger partial charge >= 0.3 is 0 Å². The van der Waals surface area contributed by atoms with Crippen molar-refractivity contribution in [1.29, 1.82) is 0 Å². The molecule has 0 unspecified atom stereocenters. The molecule has 3 fully saturated rings. The molecule has 0 bridgehead atoms. The predicted molar refractivity (Wildman–Crippen MR) is 144 cm³/mol. The number of anilines is 1. The van der Waals surface area contributed by atoms with Gasteiger partial charge in [-0.2, -0.15) is 0 Å². The molecule has 6 rings (SSSR count). The van der Waals surface area contributed by atoms with Crippen molar-refractivity contribution >= 4 is 34.4 Å². The van der Waals surface area contributed by atoms with Gasteiger partial charge in [-0.3, -0.25) is 9.69 Å². The Kier molecular flexibility index (Phi) is 6.21. The molecule has 2 N–H and O–H groups in total. The lowest BCUT2D eigenvalue weighted by atomic mass is 9.70. The highest BCUT2D eigenvalue weighted by Gasteiger charge is 2.47. The number of aromatic amines is 1. The third-order valence-corrected chi connectivity index (χ3v) is 8.75. The number of rotatable bonds is 5. The lowest BCUT2D eigenvalue weighted by Gasteiger charge is -2.57. The van der Waals surface area contributed by atoms with E-state index in [1.54, 1.807) is 6.20 Å². The van der Waals surface area contributed by atoms with Gasteiger partial charge < -0.3 is 15.2 Å². The van der Waals surface area contributed by atoms with Gasteiger partial charge in [-0.15, -0.1) is 0 Å². The summed E-state index contributed by atoms with van der Waals surface area (Å²) in [5, 5.41) is 5.27. The summed E-state index contributed by atoms with van der Waals surface area (Å²) < 4.78 is 0. The summed E-state index contributed by atoms with van der Waals surface area (Å²) in [6.45, 7) is 7.66. The Bertz CT molecular complexity index is 1270. The molecule has 188 valence electrons. The molecule has 2 aliphatic heterocycles. The fourth-order valence-electron chi connectivity index (χ4n) is 6.42. The summed E-state index contributed by atoms with van der Waals surface area (Å²) in [5.74, 6) is 0.712. The highest BCUT2D eigenvalue weighted by atomic mass is 35.5. The van der Waals surface area contributed by atoms with Crippen molar-refractivity contribution in [1.82, 2.24) is 24.8 Å². The van der Waals surface area contributed by atoms with E-state index in [0.717, 1.165) is 74.0 Å². The largest absolute Gasteiger partial charge is 0.360 e. The molecule has 3 aliphatic rings. The molecule has 1 amide bonds. The van der Waals surface area contributed by atoms with Gasteiger partial charge in [0.25, 0.3) is 0 Å². The van der Waals surface area contributed by atoms with Crippen molar-refractivity contribution < 1.29 is 4.79 Å². The molecular formula is C28H33ClN6O. The lowest BCUT2D eigenvalue weighted by molar-refractivity contribution is -0.132. The number of carbonyl (C=O) groups is 1. The number of benzene rings is 1. The molecule has 1 aliphatic carbocycles. The average molecular weight is 505 g/mol. The maximum Gasteiger partial charge on any atom is 0.245 e. The SMILES string of the molecule is C=CC(=O)N1CCC2(CC1)CN([C@@H]1CCC[C@@H](Nc3ncc(Cl)c(-c4c[nH]c5ccccc45)n3)C1)C2. The van der Waals surface area contributed by atoms with E-state index in [2.05, 4.69) is 38.9 Å². The summed E-state index contributed by atoms with van der Waals surface area (Å²) in [7, 11) is 0. The summed E-state index contributed by atoms with van der Waals surface area (Å²) in [4.78, 5) is 29.2. The van der Waals surface area contributed by atoms with E-state index >= 15 is 0 Å². The molecule has 2 aromatic heterocycles. The Labute approximate surface area is 216 Å². The Morgan fingerprint density at radius 1 is 1.22 bits per heavy atom. The van der Waals surface area contributed by atoms with Crippen LogP contribution in [0.25, 0.3) is 22.2 Å². The number of likely N-dealkylation sites (tertiary alicyclic amines) is 2. The zero-order valence-corrected chi connectivity index (χ0v) is 21.3. The molecule has 7 nitrogen and oxygen atoms in total. The maximum absolute atomic E-state index is 11.9. The molecular weight excluding hydrogens is 472 g/mol. The minimum atomic E-state index is 0.0690. The number of amides is 1. The maximum atomic E-state index is 11.9. The van der Waals surface area contributed by atoms with Crippen LogP contribution < -0.4 is 5.32 Å². The van der Waals surface area contributed by atoms with E-state index in [1.165, 1.54) is 18.9 Å². The van der Waals surface area contributed by atoms with Crippen molar-refractivity contribution in [2.75, 3.05) is 31.5 Å². The molecule has 2 saturated heterocycles. The van der Waals surface area contributed by atoms with Crippen molar-refractivity contribution in [2.45, 2.75) is 50.6 Å². The number of carbonyl (C=O) groups excluding carboxylic acids is 1. The van der Waals surface area contributed by atoms with Gasteiger partial charge in [0.1, 0.15) is 0 Å². The minimum absolute atomic E-state index is 0.0690. The number of nitrogens with one attached hydrogen (secondary N) is 2. The zero-order chi connectivity index (χ0) is 24.7. The smallest absolute Gasteiger partial charge is 0.245 e. The molecule has 1 aromatic carbocycles. The molecule has 1 saturated carbocycles. The predicted octanol–water partition coefficient (Wildman–Crippen LogP) is 5.11.